The molecule has 0 unspecified atom stereocenters. The van der Waals surface area contributed by atoms with E-state index in [1.165, 1.54) is 4.88 Å². The molecule has 7 heteroatoms. The molecular formula is C28H24N6S. The van der Waals surface area contributed by atoms with Crippen LogP contribution in [0.2, 0.25) is 0 Å². The number of rotatable bonds is 7. The monoisotopic (exact) mass is 476 g/mol. The number of aromatic nitrogens is 5. The van der Waals surface area contributed by atoms with Crippen molar-refractivity contribution in [3.05, 3.63) is 84.9 Å². The molecule has 0 fully saturated rings. The summed E-state index contributed by atoms with van der Waals surface area (Å²) in [4.78, 5) is 13.6. The Balaban J connectivity index is 1.40. The number of hydrogen-bond acceptors (Lipinski definition) is 5. The maximum Gasteiger partial charge on any atom is 0.116 e. The molecule has 3 N–H and O–H groups in total. The number of nitrogens with one attached hydrogen (secondary N) is 3. The molecule has 5 heterocycles. The highest BCUT2D eigenvalue weighted by Crippen LogP contribution is 2.36. The van der Waals surface area contributed by atoms with Crippen molar-refractivity contribution in [3.8, 4) is 33.0 Å². The fraction of sp³-hybridized carbons (Fsp3) is 0.107. The Morgan fingerprint density at radius 1 is 0.971 bits per heavy atom. The standard InChI is InChI=1S/C28H24N6S/c1-3-5-17(2)31-20-10-19(13-29-14-20)18-7-8-24-22(11-18)28(34-33-24)25-12-21-23(27-6-4-9-35-27)15-30-16-26(21)32-25/h4,6-16,31-32H,2-3,5H2,1H3,(H,33,34). The summed E-state index contributed by atoms with van der Waals surface area (Å²) in [6, 6.07) is 14.8. The van der Waals surface area contributed by atoms with Gasteiger partial charge in [0.25, 0.3) is 0 Å². The largest absolute Gasteiger partial charge is 0.358 e. The van der Waals surface area contributed by atoms with Crippen molar-refractivity contribution in [1.29, 1.82) is 0 Å². The molecule has 6 nitrogen and oxygen atoms in total. The minimum atomic E-state index is 0.883. The van der Waals surface area contributed by atoms with Crippen LogP contribution >= 0.6 is 11.3 Å². The molecule has 0 amide bonds. The first kappa shape index (κ1) is 21.3. The molecule has 35 heavy (non-hydrogen) atoms. The van der Waals surface area contributed by atoms with Crippen LogP contribution in [0.5, 0.6) is 0 Å². The number of hydrogen-bond donors (Lipinski definition) is 3. The van der Waals surface area contributed by atoms with Gasteiger partial charge < -0.3 is 10.3 Å². The van der Waals surface area contributed by atoms with E-state index in [1.54, 1.807) is 11.3 Å². The summed E-state index contributed by atoms with van der Waals surface area (Å²) < 4.78 is 0. The van der Waals surface area contributed by atoms with Gasteiger partial charge in [-0.15, -0.1) is 11.3 Å². The topological polar surface area (TPSA) is 82.3 Å². The van der Waals surface area contributed by atoms with Gasteiger partial charge in [-0.25, -0.2) is 0 Å². The van der Waals surface area contributed by atoms with Gasteiger partial charge in [-0.1, -0.05) is 32.1 Å². The number of nitrogens with zero attached hydrogens (tertiary/aromatic N) is 3. The molecule has 0 saturated carbocycles. The summed E-state index contributed by atoms with van der Waals surface area (Å²) >= 11 is 1.71. The normalized spacial score (nSPS) is 11.3. The Bertz CT molecular complexity index is 1660. The van der Waals surface area contributed by atoms with E-state index in [2.05, 4.69) is 91.8 Å². The molecule has 0 bridgehead atoms. The molecule has 1 aromatic carbocycles. The molecule has 0 saturated heterocycles. The van der Waals surface area contributed by atoms with Crippen LogP contribution < -0.4 is 5.32 Å². The van der Waals surface area contributed by atoms with Crippen LogP contribution in [-0.2, 0) is 0 Å². The molecule has 0 aliphatic rings. The van der Waals surface area contributed by atoms with Crippen molar-refractivity contribution in [2.24, 2.45) is 0 Å². The van der Waals surface area contributed by atoms with Crippen LogP contribution in [0.25, 0.3) is 54.8 Å². The third kappa shape index (κ3) is 4.00. The Kier molecular flexibility index (Phi) is 5.39. The van der Waals surface area contributed by atoms with E-state index in [0.717, 1.165) is 74.1 Å². The molecular weight excluding hydrogens is 452 g/mol. The van der Waals surface area contributed by atoms with Crippen LogP contribution in [-0.4, -0.2) is 25.1 Å². The number of pyridine rings is 2. The number of H-pyrrole nitrogens is 2. The fourth-order valence-corrected chi connectivity index (χ4v) is 5.19. The molecule has 5 aromatic heterocycles. The molecule has 172 valence electrons. The van der Waals surface area contributed by atoms with E-state index in [1.807, 2.05) is 24.8 Å². The lowest BCUT2D eigenvalue weighted by Gasteiger charge is -2.10. The van der Waals surface area contributed by atoms with Gasteiger partial charge >= 0.3 is 0 Å². The Morgan fingerprint density at radius 2 is 1.89 bits per heavy atom. The molecule has 0 aliphatic heterocycles. The average molecular weight is 477 g/mol. The van der Waals surface area contributed by atoms with Crippen LogP contribution in [0.4, 0.5) is 5.69 Å². The van der Waals surface area contributed by atoms with Gasteiger partial charge in [0.2, 0.25) is 0 Å². The van der Waals surface area contributed by atoms with Crippen LogP contribution in [0.3, 0.4) is 0 Å². The van der Waals surface area contributed by atoms with Gasteiger partial charge in [0.05, 0.1) is 34.8 Å². The predicted octanol–water partition coefficient (Wildman–Crippen LogP) is 7.62. The Labute approximate surface area is 206 Å². The van der Waals surface area contributed by atoms with Crippen LogP contribution in [0, 0.1) is 0 Å². The van der Waals surface area contributed by atoms with Crippen LogP contribution in [0.15, 0.2) is 84.9 Å². The van der Waals surface area contributed by atoms with E-state index >= 15 is 0 Å². The first-order valence-electron chi connectivity index (χ1n) is 11.6. The van der Waals surface area contributed by atoms with Gasteiger partial charge in [-0.2, -0.15) is 5.10 Å². The second-order valence-electron chi connectivity index (χ2n) is 8.58. The van der Waals surface area contributed by atoms with E-state index in [9.17, 15) is 0 Å². The van der Waals surface area contributed by atoms with Crippen LogP contribution in [0.1, 0.15) is 19.8 Å². The maximum atomic E-state index is 4.65. The van der Waals surface area contributed by atoms with Gasteiger partial charge in [-0.3, -0.25) is 15.1 Å². The molecule has 6 rings (SSSR count). The smallest absolute Gasteiger partial charge is 0.116 e. The van der Waals surface area contributed by atoms with Crippen molar-refractivity contribution < 1.29 is 0 Å². The number of allylic oxidation sites excluding steroid dienone is 1. The molecule has 0 spiro atoms. The Hall–Kier alpha value is -4.23. The quantitative estimate of drug-likeness (QED) is 0.221. The number of aromatic amines is 2. The molecule has 6 aromatic rings. The third-order valence-corrected chi connectivity index (χ3v) is 7.00. The fourth-order valence-electron chi connectivity index (χ4n) is 4.44. The first-order valence-corrected chi connectivity index (χ1v) is 12.5. The molecule has 0 aliphatic carbocycles. The summed E-state index contributed by atoms with van der Waals surface area (Å²) in [5.74, 6) is 0. The summed E-state index contributed by atoms with van der Waals surface area (Å²) in [7, 11) is 0. The minimum Gasteiger partial charge on any atom is -0.358 e. The predicted molar refractivity (Wildman–Crippen MR) is 145 cm³/mol. The summed E-state index contributed by atoms with van der Waals surface area (Å²) in [5.41, 5.74) is 8.99. The van der Waals surface area contributed by atoms with E-state index in [4.69, 9.17) is 0 Å². The zero-order valence-electron chi connectivity index (χ0n) is 19.3. The van der Waals surface area contributed by atoms with E-state index in [0.29, 0.717) is 0 Å². The van der Waals surface area contributed by atoms with Crippen molar-refractivity contribution >= 4 is 38.8 Å². The van der Waals surface area contributed by atoms with E-state index in [-0.39, 0.29) is 0 Å². The molecule has 0 atom stereocenters. The second kappa shape index (κ2) is 8.85. The van der Waals surface area contributed by atoms with Crippen molar-refractivity contribution in [2.45, 2.75) is 19.8 Å². The number of thiophene rings is 1. The highest BCUT2D eigenvalue weighted by molar-refractivity contribution is 7.13. The summed E-state index contributed by atoms with van der Waals surface area (Å²) in [5, 5.41) is 15.5. The van der Waals surface area contributed by atoms with E-state index < -0.39 is 0 Å². The SMILES string of the molecule is C=C(CCC)Nc1cncc(-c2ccc3[nH]nc(-c4cc5c(-c6cccs6)cncc5[nH]4)c3c2)c1. The van der Waals surface area contributed by atoms with Gasteiger partial charge in [0.1, 0.15) is 5.69 Å². The average Bonchev–Trinajstić information content (AvgIpc) is 3.63. The second-order valence-corrected chi connectivity index (χ2v) is 9.53. The number of fused-ring (bicyclic) bond motifs is 2. The zero-order chi connectivity index (χ0) is 23.8. The number of anilines is 1. The summed E-state index contributed by atoms with van der Waals surface area (Å²) in [6.45, 7) is 6.25. The van der Waals surface area contributed by atoms with Gasteiger partial charge in [-0.05, 0) is 47.7 Å². The highest BCUT2D eigenvalue weighted by atomic mass is 32.1. The first-order chi connectivity index (χ1) is 17.2. The minimum absolute atomic E-state index is 0.883. The molecule has 0 radical (unpaired) electrons. The zero-order valence-corrected chi connectivity index (χ0v) is 20.1. The highest BCUT2D eigenvalue weighted by Gasteiger charge is 2.15. The lowest BCUT2D eigenvalue weighted by molar-refractivity contribution is 0.913. The van der Waals surface area contributed by atoms with Gasteiger partial charge in [0.15, 0.2) is 0 Å². The van der Waals surface area contributed by atoms with Crippen molar-refractivity contribution in [1.82, 2.24) is 25.1 Å². The van der Waals surface area contributed by atoms with Gasteiger partial charge in [0, 0.05) is 44.9 Å². The third-order valence-electron chi connectivity index (χ3n) is 6.09. The maximum absolute atomic E-state index is 4.65. The van der Waals surface area contributed by atoms with Crippen molar-refractivity contribution in [3.63, 3.8) is 0 Å². The van der Waals surface area contributed by atoms with Crippen molar-refractivity contribution in [2.75, 3.05) is 5.32 Å². The number of benzene rings is 1. The summed E-state index contributed by atoms with van der Waals surface area (Å²) in [6.07, 6.45) is 9.50. The lowest BCUT2D eigenvalue weighted by Crippen LogP contribution is -1.98. The Morgan fingerprint density at radius 3 is 2.74 bits per heavy atom. The lowest BCUT2D eigenvalue weighted by atomic mass is 10.0.